The molecule has 0 saturated heterocycles. The normalized spacial score (nSPS) is 13.0. The van der Waals surface area contributed by atoms with Crippen LogP contribution in [-0.4, -0.2) is 5.97 Å². The molecule has 1 rings (SSSR count). The number of benzene rings is 1. The summed E-state index contributed by atoms with van der Waals surface area (Å²) in [6.45, 7) is 8.76. The molecule has 1 unspecified atom stereocenters. The lowest BCUT2D eigenvalue weighted by atomic mass is 10.1. The smallest absolute Gasteiger partial charge is 0.303 e. The van der Waals surface area contributed by atoms with Gasteiger partial charge in [0.15, 0.2) is 0 Å². The van der Waals surface area contributed by atoms with Crippen LogP contribution in [0.4, 0.5) is 0 Å². The highest BCUT2D eigenvalue weighted by atomic mass is 16.5. The number of carbonyl (C=O) groups is 1. The van der Waals surface area contributed by atoms with Crippen LogP contribution in [0.15, 0.2) is 79.4 Å². The molecule has 0 aromatic heterocycles. The van der Waals surface area contributed by atoms with Gasteiger partial charge in [0.25, 0.3) is 0 Å². The van der Waals surface area contributed by atoms with Crippen LogP contribution in [-0.2, 0) is 9.53 Å². The molecule has 19 heavy (non-hydrogen) atoms. The number of allylic oxidation sites excluding steroid dienone is 5. The van der Waals surface area contributed by atoms with E-state index in [0.29, 0.717) is 0 Å². The van der Waals surface area contributed by atoms with E-state index in [-0.39, 0.29) is 5.97 Å². The SMILES string of the molecule is C=C/C=C(C=C)/C=C/C(OC(C)=O)c1ccccc1. The molecule has 0 bridgehead atoms. The molecule has 2 heteroatoms. The summed E-state index contributed by atoms with van der Waals surface area (Å²) < 4.78 is 5.30. The molecule has 0 fully saturated rings. The van der Waals surface area contributed by atoms with E-state index in [2.05, 4.69) is 13.2 Å². The molecule has 0 heterocycles. The molecule has 0 aliphatic heterocycles. The summed E-state index contributed by atoms with van der Waals surface area (Å²) in [4.78, 5) is 11.2. The summed E-state index contributed by atoms with van der Waals surface area (Å²) in [6, 6.07) is 9.58. The fourth-order valence-corrected chi connectivity index (χ4v) is 1.57. The molecule has 1 aromatic rings. The van der Waals surface area contributed by atoms with Gasteiger partial charge in [0.2, 0.25) is 0 Å². The van der Waals surface area contributed by atoms with Crippen molar-refractivity contribution >= 4 is 5.97 Å². The lowest BCUT2D eigenvalue weighted by Crippen LogP contribution is -2.06. The van der Waals surface area contributed by atoms with E-state index in [9.17, 15) is 4.79 Å². The van der Waals surface area contributed by atoms with Gasteiger partial charge in [-0.3, -0.25) is 4.79 Å². The maximum atomic E-state index is 11.2. The third-order valence-electron chi connectivity index (χ3n) is 2.43. The first-order valence-corrected chi connectivity index (χ1v) is 6.03. The molecule has 0 aliphatic rings. The zero-order valence-corrected chi connectivity index (χ0v) is 11.1. The molecule has 98 valence electrons. The monoisotopic (exact) mass is 254 g/mol. The Kier molecular flexibility index (Phi) is 6.10. The highest BCUT2D eigenvalue weighted by Gasteiger charge is 2.10. The highest BCUT2D eigenvalue weighted by Crippen LogP contribution is 2.19. The fourth-order valence-electron chi connectivity index (χ4n) is 1.57. The van der Waals surface area contributed by atoms with Gasteiger partial charge in [-0.1, -0.05) is 67.8 Å². The van der Waals surface area contributed by atoms with Crippen molar-refractivity contribution < 1.29 is 9.53 Å². The van der Waals surface area contributed by atoms with Crippen LogP contribution in [0.3, 0.4) is 0 Å². The quantitative estimate of drug-likeness (QED) is 0.563. The second-order valence-corrected chi connectivity index (χ2v) is 3.91. The number of ether oxygens (including phenoxy) is 1. The first-order valence-electron chi connectivity index (χ1n) is 6.03. The average molecular weight is 254 g/mol. The summed E-state index contributed by atoms with van der Waals surface area (Å²) in [5.74, 6) is -0.314. The second kappa shape index (κ2) is 7.88. The Bertz CT molecular complexity index is 495. The van der Waals surface area contributed by atoms with Gasteiger partial charge >= 0.3 is 5.97 Å². The molecule has 2 nitrogen and oxygen atoms in total. The first kappa shape index (κ1) is 14.7. The van der Waals surface area contributed by atoms with Crippen LogP contribution >= 0.6 is 0 Å². The van der Waals surface area contributed by atoms with Crippen molar-refractivity contribution in [3.05, 3.63) is 85.0 Å². The molecule has 1 atom stereocenters. The number of carbonyl (C=O) groups excluding carboxylic acids is 1. The first-order chi connectivity index (χ1) is 9.17. The Morgan fingerprint density at radius 3 is 2.47 bits per heavy atom. The third kappa shape index (κ3) is 5.21. The van der Waals surface area contributed by atoms with Crippen molar-refractivity contribution in [2.24, 2.45) is 0 Å². The van der Waals surface area contributed by atoms with Crippen molar-refractivity contribution in [3.8, 4) is 0 Å². The Morgan fingerprint density at radius 2 is 1.95 bits per heavy atom. The minimum atomic E-state index is -0.396. The summed E-state index contributed by atoms with van der Waals surface area (Å²) in [5, 5.41) is 0. The molecule has 0 N–H and O–H groups in total. The molecule has 0 amide bonds. The minimum absolute atomic E-state index is 0.314. The molecule has 1 aromatic carbocycles. The zero-order chi connectivity index (χ0) is 14.1. The topological polar surface area (TPSA) is 26.3 Å². The van der Waals surface area contributed by atoms with Crippen molar-refractivity contribution in [1.29, 1.82) is 0 Å². The van der Waals surface area contributed by atoms with E-state index in [1.165, 1.54) is 6.92 Å². The van der Waals surface area contributed by atoms with E-state index >= 15 is 0 Å². The fraction of sp³-hybridized carbons (Fsp3) is 0.118. The molecule has 0 radical (unpaired) electrons. The summed E-state index contributed by atoms with van der Waals surface area (Å²) in [7, 11) is 0. The van der Waals surface area contributed by atoms with E-state index in [0.717, 1.165) is 11.1 Å². The minimum Gasteiger partial charge on any atom is -0.453 e. The number of rotatable bonds is 6. The lowest BCUT2D eigenvalue weighted by molar-refractivity contribution is -0.144. The molecular formula is C17H18O2. The Hall–Kier alpha value is -2.35. The van der Waals surface area contributed by atoms with Crippen LogP contribution in [0.25, 0.3) is 0 Å². The number of hydrogen-bond acceptors (Lipinski definition) is 2. The van der Waals surface area contributed by atoms with Crippen LogP contribution in [0, 0.1) is 0 Å². The highest BCUT2D eigenvalue weighted by molar-refractivity contribution is 5.66. The van der Waals surface area contributed by atoms with Crippen molar-refractivity contribution in [2.75, 3.05) is 0 Å². The van der Waals surface area contributed by atoms with Gasteiger partial charge in [0, 0.05) is 6.92 Å². The van der Waals surface area contributed by atoms with Gasteiger partial charge < -0.3 is 4.74 Å². The predicted octanol–water partition coefficient (Wildman–Crippen LogP) is 4.15. The maximum Gasteiger partial charge on any atom is 0.303 e. The Morgan fingerprint density at radius 1 is 1.26 bits per heavy atom. The van der Waals surface area contributed by atoms with Crippen molar-refractivity contribution in [1.82, 2.24) is 0 Å². The molecule has 0 saturated carbocycles. The maximum absolute atomic E-state index is 11.2. The van der Waals surface area contributed by atoms with E-state index in [4.69, 9.17) is 4.74 Å². The molecule has 0 spiro atoms. The van der Waals surface area contributed by atoms with E-state index in [1.54, 1.807) is 12.2 Å². The zero-order valence-electron chi connectivity index (χ0n) is 11.1. The van der Waals surface area contributed by atoms with Crippen molar-refractivity contribution in [3.63, 3.8) is 0 Å². The summed E-state index contributed by atoms with van der Waals surface area (Å²) in [5.41, 5.74) is 1.83. The van der Waals surface area contributed by atoms with Gasteiger partial charge in [-0.25, -0.2) is 0 Å². The van der Waals surface area contributed by atoms with Crippen LogP contribution in [0.2, 0.25) is 0 Å². The Labute approximate surface area is 114 Å². The molecule has 0 aliphatic carbocycles. The molecular weight excluding hydrogens is 236 g/mol. The van der Waals surface area contributed by atoms with Gasteiger partial charge in [0.1, 0.15) is 6.10 Å². The van der Waals surface area contributed by atoms with Crippen molar-refractivity contribution in [2.45, 2.75) is 13.0 Å². The largest absolute Gasteiger partial charge is 0.453 e. The number of hydrogen-bond donors (Lipinski definition) is 0. The van der Waals surface area contributed by atoms with Crippen LogP contribution < -0.4 is 0 Å². The van der Waals surface area contributed by atoms with Crippen LogP contribution in [0.5, 0.6) is 0 Å². The Balaban J connectivity index is 2.96. The second-order valence-electron chi connectivity index (χ2n) is 3.91. The number of esters is 1. The predicted molar refractivity (Wildman–Crippen MR) is 78.6 cm³/mol. The summed E-state index contributed by atoms with van der Waals surface area (Å²) >= 11 is 0. The standard InChI is InChI=1S/C17H18O2/c1-4-9-15(5-2)12-13-17(19-14(3)18)16-10-7-6-8-11-16/h4-13,17H,1-2H2,3H3/b13-12+,15-9+. The van der Waals surface area contributed by atoms with Gasteiger partial charge in [-0.15, -0.1) is 0 Å². The van der Waals surface area contributed by atoms with E-state index < -0.39 is 6.10 Å². The van der Waals surface area contributed by atoms with Gasteiger partial charge in [-0.05, 0) is 17.2 Å². The van der Waals surface area contributed by atoms with Crippen LogP contribution in [0.1, 0.15) is 18.6 Å². The van der Waals surface area contributed by atoms with Gasteiger partial charge in [0.05, 0.1) is 0 Å². The summed E-state index contributed by atoms with van der Waals surface area (Å²) in [6.07, 6.45) is 8.52. The average Bonchev–Trinajstić information content (AvgIpc) is 2.42. The third-order valence-corrected chi connectivity index (χ3v) is 2.43. The van der Waals surface area contributed by atoms with E-state index in [1.807, 2.05) is 48.6 Å². The van der Waals surface area contributed by atoms with Gasteiger partial charge in [-0.2, -0.15) is 0 Å². The lowest BCUT2D eigenvalue weighted by Gasteiger charge is -2.13.